The predicted molar refractivity (Wildman–Crippen MR) is 111 cm³/mol. The largest absolute Gasteiger partial charge is 0.364 e. The Labute approximate surface area is 168 Å². The molecule has 2 aromatic rings. The van der Waals surface area contributed by atoms with Crippen LogP contribution in [0.3, 0.4) is 0 Å². The molecule has 5 N–H and O–H groups in total. The average molecular weight is 399 g/mol. The number of aromatic nitrogens is 3. The number of anilines is 1. The first kappa shape index (κ1) is 18.7. The van der Waals surface area contributed by atoms with E-state index in [4.69, 9.17) is 28.1 Å². The number of nitrogens with two attached hydrogens (primary N) is 2. The van der Waals surface area contributed by atoms with E-state index >= 15 is 0 Å². The first-order valence-electron chi connectivity index (χ1n) is 9.44. The molecule has 28 heavy (non-hydrogen) atoms. The van der Waals surface area contributed by atoms with Crippen molar-refractivity contribution in [2.45, 2.75) is 44.2 Å². The van der Waals surface area contributed by atoms with Crippen LogP contribution in [-0.4, -0.2) is 32.4 Å². The summed E-state index contributed by atoms with van der Waals surface area (Å²) in [4.78, 5) is 21.1. The Kier molecular flexibility index (Phi) is 5.19. The molecule has 0 aliphatic heterocycles. The van der Waals surface area contributed by atoms with Gasteiger partial charge in [-0.15, -0.1) is 0 Å². The van der Waals surface area contributed by atoms with Crippen molar-refractivity contribution in [3.8, 4) is 0 Å². The lowest BCUT2D eigenvalue weighted by atomic mass is 9.92. The normalized spacial score (nSPS) is 22.5. The van der Waals surface area contributed by atoms with Gasteiger partial charge in [-0.2, -0.15) is 0 Å². The summed E-state index contributed by atoms with van der Waals surface area (Å²) in [5.41, 5.74) is 14.1. The summed E-state index contributed by atoms with van der Waals surface area (Å²) < 4.78 is 1.70. The predicted octanol–water partition coefficient (Wildman–Crippen LogP) is 2.98. The van der Waals surface area contributed by atoms with Gasteiger partial charge in [0.25, 0.3) is 5.91 Å². The van der Waals surface area contributed by atoms with Crippen LogP contribution in [0.4, 0.5) is 5.82 Å². The maximum Gasteiger partial charge on any atom is 0.267 e. The quantitative estimate of drug-likeness (QED) is 0.733. The molecule has 0 bridgehead atoms. The van der Waals surface area contributed by atoms with E-state index in [9.17, 15) is 4.79 Å². The number of rotatable bonds is 4. The summed E-state index contributed by atoms with van der Waals surface area (Å²) in [6.07, 6.45) is 15.7. The van der Waals surface area contributed by atoms with Gasteiger partial charge in [-0.1, -0.05) is 29.8 Å². The van der Waals surface area contributed by atoms with Crippen molar-refractivity contribution in [3.63, 3.8) is 0 Å². The van der Waals surface area contributed by atoms with E-state index in [1.165, 1.54) is 6.20 Å². The standard InChI is InChI=1S/C20H23ClN6O/c21-13-4-1-3-12(7-8-13)16-11-27-17(18(23)28)10-24-19(20(27)26-16)25-15-6-2-5-14(22)9-15/h1,3,7-8,10-11,14-15H,2,4-6,9,22H2,(H2,23,28)(H,24,25). The fourth-order valence-corrected chi connectivity index (χ4v) is 3.88. The molecule has 8 heteroatoms. The number of nitrogens with one attached hydrogen (secondary N) is 1. The molecule has 146 valence electrons. The number of nitrogens with zero attached hydrogens (tertiary/aromatic N) is 3. The van der Waals surface area contributed by atoms with E-state index in [0.717, 1.165) is 42.0 Å². The third kappa shape index (κ3) is 3.81. The minimum Gasteiger partial charge on any atom is -0.364 e. The SMILES string of the molecule is NC(=O)c1cnc(NC2CCCC(N)C2)c2nc(C3=CC=C(Cl)CC=C3)cn12. The lowest BCUT2D eigenvalue weighted by Gasteiger charge is -2.27. The summed E-state index contributed by atoms with van der Waals surface area (Å²) in [5, 5.41) is 4.21. The summed E-state index contributed by atoms with van der Waals surface area (Å²) in [7, 11) is 0. The number of carbonyl (C=O) groups is 1. The van der Waals surface area contributed by atoms with Crippen LogP contribution in [0.2, 0.25) is 0 Å². The Hall–Kier alpha value is -2.64. The maximum atomic E-state index is 11.9. The number of amides is 1. The van der Waals surface area contributed by atoms with Gasteiger partial charge in [0.05, 0.1) is 11.9 Å². The Bertz CT molecular complexity index is 1010. The smallest absolute Gasteiger partial charge is 0.267 e. The van der Waals surface area contributed by atoms with Crippen molar-refractivity contribution in [1.82, 2.24) is 14.4 Å². The maximum absolute atomic E-state index is 11.9. The van der Waals surface area contributed by atoms with Crippen LogP contribution in [-0.2, 0) is 0 Å². The van der Waals surface area contributed by atoms with Crippen LogP contribution in [0, 0.1) is 0 Å². The van der Waals surface area contributed by atoms with Crippen molar-refractivity contribution in [3.05, 3.63) is 53.1 Å². The first-order chi connectivity index (χ1) is 13.5. The molecule has 2 unspecified atom stereocenters. The first-order valence-corrected chi connectivity index (χ1v) is 9.82. The van der Waals surface area contributed by atoms with Gasteiger partial charge in [0.1, 0.15) is 5.69 Å². The Morgan fingerprint density at radius 2 is 2.18 bits per heavy atom. The second-order valence-electron chi connectivity index (χ2n) is 7.29. The zero-order chi connectivity index (χ0) is 19.7. The lowest BCUT2D eigenvalue weighted by molar-refractivity contribution is 0.0994. The summed E-state index contributed by atoms with van der Waals surface area (Å²) in [5.74, 6) is 0.0724. The molecule has 1 amide bonds. The molecule has 1 fully saturated rings. The second-order valence-corrected chi connectivity index (χ2v) is 7.77. The molecule has 2 aliphatic carbocycles. The van der Waals surface area contributed by atoms with Gasteiger partial charge in [-0.25, -0.2) is 9.97 Å². The minimum atomic E-state index is -0.555. The molecule has 7 nitrogen and oxygen atoms in total. The highest BCUT2D eigenvalue weighted by molar-refractivity contribution is 6.29. The number of hydrogen-bond donors (Lipinski definition) is 3. The molecule has 0 radical (unpaired) electrons. The molecule has 0 spiro atoms. The zero-order valence-corrected chi connectivity index (χ0v) is 16.2. The number of fused-ring (bicyclic) bond motifs is 1. The van der Waals surface area contributed by atoms with Gasteiger partial charge >= 0.3 is 0 Å². The molecule has 2 atom stereocenters. The number of halogens is 1. The molecular formula is C20H23ClN6O. The second kappa shape index (κ2) is 7.77. The lowest BCUT2D eigenvalue weighted by Crippen LogP contribution is -2.35. The molecule has 1 saturated carbocycles. The topological polar surface area (TPSA) is 111 Å². The average Bonchev–Trinajstić information content (AvgIpc) is 2.98. The third-order valence-corrected chi connectivity index (χ3v) is 5.43. The third-order valence-electron chi connectivity index (χ3n) is 5.15. The molecule has 2 aliphatic rings. The fourth-order valence-electron chi connectivity index (χ4n) is 3.72. The van der Waals surface area contributed by atoms with Crippen molar-refractivity contribution in [1.29, 1.82) is 0 Å². The summed E-state index contributed by atoms with van der Waals surface area (Å²) in [6, 6.07) is 0.429. The van der Waals surface area contributed by atoms with E-state index in [2.05, 4.69) is 10.3 Å². The zero-order valence-electron chi connectivity index (χ0n) is 15.4. The van der Waals surface area contributed by atoms with Crippen molar-refractivity contribution in [2.24, 2.45) is 11.5 Å². The van der Waals surface area contributed by atoms with E-state index < -0.39 is 5.91 Å². The van der Waals surface area contributed by atoms with Crippen molar-refractivity contribution >= 4 is 34.5 Å². The number of hydrogen-bond acceptors (Lipinski definition) is 5. The van der Waals surface area contributed by atoms with E-state index in [1.54, 1.807) is 10.6 Å². The highest BCUT2D eigenvalue weighted by atomic mass is 35.5. The van der Waals surface area contributed by atoms with Crippen LogP contribution in [0.25, 0.3) is 11.2 Å². The Morgan fingerprint density at radius 1 is 1.32 bits per heavy atom. The highest BCUT2D eigenvalue weighted by Gasteiger charge is 2.22. The number of imidazole rings is 1. The van der Waals surface area contributed by atoms with E-state index in [1.807, 2.05) is 24.3 Å². The number of carbonyl (C=O) groups excluding carboxylic acids is 1. The van der Waals surface area contributed by atoms with Gasteiger partial charge in [0, 0.05) is 35.3 Å². The van der Waals surface area contributed by atoms with Crippen LogP contribution < -0.4 is 16.8 Å². The van der Waals surface area contributed by atoms with Crippen LogP contribution in [0.15, 0.2) is 41.7 Å². The number of primary amides is 1. The van der Waals surface area contributed by atoms with Gasteiger partial charge in [-0.05, 0) is 31.8 Å². The van der Waals surface area contributed by atoms with Gasteiger partial charge in [0.15, 0.2) is 11.5 Å². The fraction of sp³-hybridized carbons (Fsp3) is 0.350. The monoisotopic (exact) mass is 398 g/mol. The van der Waals surface area contributed by atoms with Gasteiger partial charge < -0.3 is 16.8 Å². The van der Waals surface area contributed by atoms with Gasteiger partial charge in [0.2, 0.25) is 0 Å². The molecule has 0 saturated heterocycles. The van der Waals surface area contributed by atoms with Crippen molar-refractivity contribution < 1.29 is 4.79 Å². The summed E-state index contributed by atoms with van der Waals surface area (Å²) in [6.45, 7) is 0. The van der Waals surface area contributed by atoms with Gasteiger partial charge in [-0.3, -0.25) is 9.20 Å². The van der Waals surface area contributed by atoms with Crippen LogP contribution >= 0.6 is 11.6 Å². The van der Waals surface area contributed by atoms with E-state index in [-0.39, 0.29) is 17.8 Å². The van der Waals surface area contributed by atoms with E-state index in [0.29, 0.717) is 17.9 Å². The minimum absolute atomic E-state index is 0.195. The number of allylic oxidation sites excluding steroid dienone is 6. The molecule has 4 rings (SSSR count). The molecule has 2 heterocycles. The summed E-state index contributed by atoms with van der Waals surface area (Å²) >= 11 is 6.11. The van der Waals surface area contributed by atoms with Crippen LogP contribution in [0.1, 0.15) is 48.3 Å². The van der Waals surface area contributed by atoms with Crippen molar-refractivity contribution in [2.75, 3.05) is 5.32 Å². The Balaban J connectivity index is 1.76. The Morgan fingerprint density at radius 3 is 2.96 bits per heavy atom. The highest BCUT2D eigenvalue weighted by Crippen LogP contribution is 2.26. The molecular weight excluding hydrogens is 376 g/mol. The van der Waals surface area contributed by atoms with Crippen LogP contribution in [0.5, 0.6) is 0 Å². The molecule has 2 aromatic heterocycles. The molecule has 0 aromatic carbocycles.